The van der Waals surface area contributed by atoms with E-state index < -0.39 is 22.0 Å². The molecule has 1 atom stereocenters. The van der Waals surface area contributed by atoms with E-state index >= 15 is 0 Å². The number of anilines is 1. The lowest BCUT2D eigenvalue weighted by Gasteiger charge is -2.19. The zero-order chi connectivity index (χ0) is 22.4. The molecule has 0 spiro atoms. The summed E-state index contributed by atoms with van der Waals surface area (Å²) >= 11 is 9.43. The molecule has 162 valence electrons. The molecule has 3 aromatic carbocycles. The highest BCUT2D eigenvalue weighted by Gasteiger charge is 2.27. The van der Waals surface area contributed by atoms with Gasteiger partial charge in [-0.05, 0) is 54.4 Å². The lowest BCUT2D eigenvalue weighted by molar-refractivity contribution is -0.117. The lowest BCUT2D eigenvalue weighted by atomic mass is 10.1. The Kier molecular flexibility index (Phi) is 7.72. The van der Waals surface area contributed by atoms with Gasteiger partial charge < -0.3 is 10.1 Å². The number of ether oxygens (including phenoxy) is 1. The van der Waals surface area contributed by atoms with E-state index in [0.717, 1.165) is 10.0 Å². The summed E-state index contributed by atoms with van der Waals surface area (Å²) in [6, 6.07) is 19.3. The lowest BCUT2D eigenvalue weighted by Crippen LogP contribution is -2.45. The molecule has 1 amide bonds. The molecule has 0 unspecified atom stereocenters. The molecule has 0 saturated carbocycles. The minimum Gasteiger partial charge on any atom is -0.495 e. The molecule has 6 nitrogen and oxygen atoms in total. The predicted octanol–water partition coefficient (Wildman–Crippen LogP) is 4.64. The molecule has 0 radical (unpaired) electrons. The molecular formula is C22H20BrClN2O4S. The first-order valence-electron chi connectivity index (χ1n) is 9.25. The van der Waals surface area contributed by atoms with Crippen LogP contribution in [-0.4, -0.2) is 27.5 Å². The van der Waals surface area contributed by atoms with Gasteiger partial charge in [0.15, 0.2) is 0 Å². The number of hydrogen-bond acceptors (Lipinski definition) is 4. The average Bonchev–Trinajstić information content (AvgIpc) is 2.75. The van der Waals surface area contributed by atoms with Crippen molar-refractivity contribution in [3.63, 3.8) is 0 Å². The molecule has 3 rings (SSSR count). The van der Waals surface area contributed by atoms with Crippen LogP contribution in [0, 0.1) is 0 Å². The Morgan fingerprint density at radius 2 is 1.74 bits per heavy atom. The van der Waals surface area contributed by atoms with Gasteiger partial charge in [0.2, 0.25) is 15.9 Å². The van der Waals surface area contributed by atoms with Crippen LogP contribution in [0.3, 0.4) is 0 Å². The van der Waals surface area contributed by atoms with Crippen molar-refractivity contribution in [2.75, 3.05) is 12.4 Å². The van der Waals surface area contributed by atoms with Crippen LogP contribution in [0.2, 0.25) is 5.02 Å². The molecular weight excluding hydrogens is 504 g/mol. The standard InChI is InChI=1S/C22H20BrClN2O4S/c1-30-21-12-11-18(14-19(21)24)31(28,29)26-20(13-15-5-3-2-4-6-15)22(27)25-17-9-7-16(23)8-10-17/h2-12,14,20,26H,13H2,1H3,(H,25,27)/t20-/m1/s1. The number of methoxy groups -OCH3 is 1. The number of carbonyl (C=O) groups excluding carboxylic acids is 1. The zero-order valence-corrected chi connectivity index (χ0v) is 19.7. The highest BCUT2D eigenvalue weighted by molar-refractivity contribution is 9.10. The minimum atomic E-state index is -4.03. The number of nitrogens with one attached hydrogen (secondary N) is 2. The molecule has 9 heteroatoms. The van der Waals surface area contributed by atoms with E-state index in [0.29, 0.717) is 11.4 Å². The van der Waals surface area contributed by atoms with E-state index in [4.69, 9.17) is 16.3 Å². The fraction of sp³-hybridized carbons (Fsp3) is 0.136. The average molecular weight is 524 g/mol. The normalized spacial score (nSPS) is 12.2. The number of rotatable bonds is 8. The first-order valence-corrected chi connectivity index (χ1v) is 11.9. The fourth-order valence-corrected chi connectivity index (χ4v) is 4.68. The van der Waals surface area contributed by atoms with E-state index in [9.17, 15) is 13.2 Å². The van der Waals surface area contributed by atoms with Crippen LogP contribution in [0.25, 0.3) is 0 Å². The molecule has 0 aliphatic carbocycles. The maximum absolute atomic E-state index is 13.0. The topological polar surface area (TPSA) is 84.5 Å². The van der Waals surface area contributed by atoms with Crippen molar-refractivity contribution in [3.8, 4) is 5.75 Å². The molecule has 0 aliphatic heterocycles. The van der Waals surface area contributed by atoms with E-state index in [2.05, 4.69) is 26.0 Å². The second-order valence-electron chi connectivity index (χ2n) is 6.66. The van der Waals surface area contributed by atoms with Crippen LogP contribution in [0.15, 0.2) is 82.2 Å². The van der Waals surface area contributed by atoms with Crippen molar-refractivity contribution >= 4 is 49.1 Å². The van der Waals surface area contributed by atoms with Gasteiger partial charge in [-0.2, -0.15) is 4.72 Å². The first kappa shape index (κ1) is 23.3. The Balaban J connectivity index is 1.87. The van der Waals surface area contributed by atoms with Gasteiger partial charge in [0.05, 0.1) is 17.0 Å². The second kappa shape index (κ2) is 10.3. The van der Waals surface area contributed by atoms with Crippen LogP contribution in [0.4, 0.5) is 5.69 Å². The highest BCUT2D eigenvalue weighted by Crippen LogP contribution is 2.27. The quantitative estimate of drug-likeness (QED) is 0.451. The van der Waals surface area contributed by atoms with Gasteiger partial charge >= 0.3 is 0 Å². The van der Waals surface area contributed by atoms with E-state index in [1.807, 2.05) is 30.3 Å². The van der Waals surface area contributed by atoms with Gasteiger partial charge in [-0.15, -0.1) is 0 Å². The van der Waals surface area contributed by atoms with Crippen LogP contribution in [0.1, 0.15) is 5.56 Å². The number of carbonyl (C=O) groups is 1. The summed E-state index contributed by atoms with van der Waals surface area (Å²) in [7, 11) is -2.59. The highest BCUT2D eigenvalue weighted by atomic mass is 79.9. The SMILES string of the molecule is COc1ccc(S(=O)(=O)N[C@H](Cc2ccccc2)C(=O)Nc2ccc(Br)cc2)cc1Cl. The van der Waals surface area contributed by atoms with Crippen molar-refractivity contribution in [1.29, 1.82) is 0 Å². The Morgan fingerprint density at radius 3 is 2.35 bits per heavy atom. The summed E-state index contributed by atoms with van der Waals surface area (Å²) in [5.41, 5.74) is 1.37. The smallest absolute Gasteiger partial charge is 0.242 e. The van der Waals surface area contributed by atoms with Gasteiger partial charge in [-0.25, -0.2) is 8.42 Å². The van der Waals surface area contributed by atoms with Gasteiger partial charge in [0.25, 0.3) is 0 Å². The number of halogens is 2. The zero-order valence-electron chi connectivity index (χ0n) is 16.5. The number of sulfonamides is 1. The Morgan fingerprint density at radius 1 is 1.06 bits per heavy atom. The van der Waals surface area contributed by atoms with Crippen LogP contribution >= 0.6 is 27.5 Å². The van der Waals surface area contributed by atoms with E-state index in [1.54, 1.807) is 24.3 Å². The van der Waals surface area contributed by atoms with Crippen molar-refractivity contribution in [3.05, 3.63) is 87.9 Å². The summed E-state index contributed by atoms with van der Waals surface area (Å²) in [5, 5.41) is 2.92. The Labute approximate surface area is 194 Å². The van der Waals surface area contributed by atoms with Crippen LogP contribution in [0.5, 0.6) is 5.75 Å². The third-order valence-electron chi connectivity index (χ3n) is 4.44. The molecule has 2 N–H and O–H groups in total. The van der Waals surface area contributed by atoms with E-state index in [1.165, 1.54) is 25.3 Å². The molecule has 0 bridgehead atoms. The molecule has 0 fully saturated rings. The van der Waals surface area contributed by atoms with Gasteiger partial charge in [0.1, 0.15) is 11.8 Å². The summed E-state index contributed by atoms with van der Waals surface area (Å²) in [4.78, 5) is 12.9. The third-order valence-corrected chi connectivity index (χ3v) is 6.74. The van der Waals surface area contributed by atoms with Gasteiger partial charge in [0, 0.05) is 10.2 Å². The molecule has 0 aromatic heterocycles. The summed E-state index contributed by atoms with van der Waals surface area (Å²) in [6.45, 7) is 0. The minimum absolute atomic E-state index is 0.0622. The van der Waals surface area contributed by atoms with Crippen molar-refractivity contribution in [2.45, 2.75) is 17.4 Å². The first-order chi connectivity index (χ1) is 14.8. The van der Waals surface area contributed by atoms with Crippen molar-refractivity contribution < 1.29 is 17.9 Å². The van der Waals surface area contributed by atoms with Crippen molar-refractivity contribution in [2.24, 2.45) is 0 Å². The van der Waals surface area contributed by atoms with Crippen molar-refractivity contribution in [1.82, 2.24) is 4.72 Å². The molecule has 0 saturated heterocycles. The largest absolute Gasteiger partial charge is 0.495 e. The maximum atomic E-state index is 13.0. The molecule has 0 heterocycles. The summed E-state index contributed by atoms with van der Waals surface area (Å²) < 4.78 is 34.4. The van der Waals surface area contributed by atoms with Crippen LogP contribution in [-0.2, 0) is 21.2 Å². The summed E-state index contributed by atoms with van der Waals surface area (Å²) in [5.74, 6) is -0.121. The maximum Gasteiger partial charge on any atom is 0.242 e. The Bertz CT molecular complexity index is 1160. The Hall–Kier alpha value is -2.39. The second-order valence-corrected chi connectivity index (χ2v) is 9.69. The molecule has 3 aromatic rings. The monoisotopic (exact) mass is 522 g/mol. The van der Waals surface area contributed by atoms with E-state index in [-0.39, 0.29) is 16.3 Å². The summed E-state index contributed by atoms with van der Waals surface area (Å²) in [6.07, 6.45) is 0.173. The number of hydrogen-bond donors (Lipinski definition) is 2. The predicted molar refractivity (Wildman–Crippen MR) is 125 cm³/mol. The van der Waals surface area contributed by atoms with Gasteiger partial charge in [-0.1, -0.05) is 57.9 Å². The fourth-order valence-electron chi connectivity index (χ4n) is 2.87. The molecule has 31 heavy (non-hydrogen) atoms. The third kappa shape index (κ3) is 6.30. The number of amides is 1. The van der Waals surface area contributed by atoms with Crippen LogP contribution < -0.4 is 14.8 Å². The van der Waals surface area contributed by atoms with Gasteiger partial charge in [-0.3, -0.25) is 4.79 Å². The molecule has 0 aliphatic rings. The number of benzene rings is 3.